The zero-order valence-corrected chi connectivity index (χ0v) is 13.9. The Morgan fingerprint density at radius 2 is 1.64 bits per heavy atom. The predicted octanol–water partition coefficient (Wildman–Crippen LogP) is 5.88. The number of aliphatic imine (C=N–C) groups is 1. The zero-order valence-electron chi connectivity index (χ0n) is 12.3. The van der Waals surface area contributed by atoms with Crippen LogP contribution < -0.4 is 0 Å². The van der Waals surface area contributed by atoms with Crippen molar-refractivity contribution < 1.29 is 22.0 Å². The molecule has 2 aromatic carbocycles. The first kappa shape index (κ1) is 19.3. The Balaban J connectivity index is 0.00000225. The van der Waals surface area contributed by atoms with Crippen LogP contribution >= 0.6 is 12.4 Å². The van der Waals surface area contributed by atoms with Gasteiger partial charge in [0.15, 0.2) is 0 Å². The van der Waals surface area contributed by atoms with E-state index in [2.05, 4.69) is 9.36 Å². The molecule has 0 bridgehead atoms. The molecule has 0 N–H and O–H groups in total. The summed E-state index contributed by atoms with van der Waals surface area (Å²) in [5, 5.41) is 1.58. The van der Waals surface area contributed by atoms with Crippen LogP contribution in [-0.4, -0.2) is 5.55 Å². The van der Waals surface area contributed by atoms with Gasteiger partial charge in [-0.15, -0.1) is 12.4 Å². The number of rotatable bonds is 2. The van der Waals surface area contributed by atoms with Gasteiger partial charge in [-0.1, -0.05) is 0 Å². The van der Waals surface area contributed by atoms with E-state index in [1.165, 1.54) is 23.7 Å². The highest BCUT2D eigenvalue weighted by Crippen LogP contribution is 2.31. The topological polar surface area (TPSA) is 24.7 Å². The quantitative estimate of drug-likeness (QED) is 0.570. The Kier molecular flexibility index (Phi) is 5.74. The lowest BCUT2D eigenvalue weighted by molar-refractivity contribution is -0.137. The summed E-state index contributed by atoms with van der Waals surface area (Å²) in [6, 6.07) is 7.56. The summed E-state index contributed by atoms with van der Waals surface area (Å²) >= 11 is 0. The maximum atomic E-state index is 13.7. The fourth-order valence-electron chi connectivity index (χ4n) is 2.00. The number of nitrogens with zero attached hydrogens (tertiary/aromatic N) is 2. The SMILES string of the molecule is Cl.Fc1ccc(C2=CS(=Nc3ccc(C(F)(F)F)cc3)C=N2)c(F)c1. The second-order valence-electron chi connectivity index (χ2n) is 4.84. The summed E-state index contributed by atoms with van der Waals surface area (Å²) in [6.07, 6.45) is -4.40. The van der Waals surface area contributed by atoms with Crippen LogP contribution in [0.2, 0.25) is 0 Å². The molecule has 0 saturated heterocycles. The molecule has 1 aliphatic heterocycles. The van der Waals surface area contributed by atoms with Crippen LogP contribution in [0.25, 0.3) is 5.70 Å². The summed E-state index contributed by atoms with van der Waals surface area (Å²) in [4.78, 5) is 4.04. The molecule has 0 fully saturated rings. The van der Waals surface area contributed by atoms with Crippen LogP contribution in [0.15, 0.2) is 57.2 Å². The van der Waals surface area contributed by atoms with E-state index < -0.39 is 34.1 Å². The van der Waals surface area contributed by atoms with Gasteiger partial charge in [-0.2, -0.15) is 13.2 Å². The zero-order chi connectivity index (χ0) is 17.3. The van der Waals surface area contributed by atoms with Gasteiger partial charge in [0.05, 0.1) is 22.5 Å². The Morgan fingerprint density at radius 3 is 2.24 bits per heavy atom. The summed E-state index contributed by atoms with van der Waals surface area (Å²) in [5.41, 5.74) is 1.52. The van der Waals surface area contributed by atoms with Gasteiger partial charge in [0, 0.05) is 17.0 Å². The number of alkyl halides is 3. The number of hydrogen-bond donors (Lipinski definition) is 0. The van der Waals surface area contributed by atoms with Gasteiger partial charge in [-0.3, -0.25) is 0 Å². The van der Waals surface area contributed by atoms with Crippen LogP contribution in [-0.2, 0) is 16.9 Å². The summed E-state index contributed by atoms with van der Waals surface area (Å²) < 4.78 is 68.4. The fraction of sp³-hybridized carbons (Fsp3) is 0.0625. The first-order valence-corrected chi connectivity index (χ1v) is 7.96. The highest BCUT2D eigenvalue weighted by atomic mass is 35.5. The van der Waals surface area contributed by atoms with E-state index in [1.807, 2.05) is 0 Å². The maximum Gasteiger partial charge on any atom is 0.416 e. The van der Waals surface area contributed by atoms with Crippen molar-refractivity contribution in [3.8, 4) is 0 Å². The third-order valence-electron chi connectivity index (χ3n) is 3.14. The molecule has 25 heavy (non-hydrogen) atoms. The van der Waals surface area contributed by atoms with Crippen molar-refractivity contribution in [2.75, 3.05) is 0 Å². The van der Waals surface area contributed by atoms with Gasteiger partial charge in [0.2, 0.25) is 0 Å². The summed E-state index contributed by atoms with van der Waals surface area (Å²) in [6.45, 7) is 0. The second-order valence-corrected chi connectivity index (χ2v) is 6.17. The van der Waals surface area contributed by atoms with E-state index in [0.29, 0.717) is 11.4 Å². The smallest absolute Gasteiger partial charge is 0.247 e. The van der Waals surface area contributed by atoms with Crippen LogP contribution in [0, 0.1) is 11.6 Å². The molecule has 0 aromatic heterocycles. The van der Waals surface area contributed by atoms with E-state index in [-0.39, 0.29) is 18.0 Å². The van der Waals surface area contributed by atoms with Crippen LogP contribution in [0.5, 0.6) is 0 Å². The average Bonchev–Trinajstić information content (AvgIpc) is 2.95. The fourth-order valence-corrected chi connectivity index (χ4v) is 3.16. The van der Waals surface area contributed by atoms with Crippen molar-refractivity contribution in [2.24, 2.45) is 9.36 Å². The minimum Gasteiger partial charge on any atom is -0.247 e. The second kappa shape index (κ2) is 7.45. The molecule has 9 heteroatoms. The normalized spacial score (nSPS) is 16.7. The standard InChI is InChI=1S/C16H9F5N2S.ClH/c17-11-3-6-13(14(18)7-11)15-8-24(9-22-15)23-12-4-1-10(2-5-12)16(19,20)21;/h1-9H;1H. The van der Waals surface area contributed by atoms with Crippen LogP contribution in [0.4, 0.5) is 27.6 Å². The molecule has 0 spiro atoms. The van der Waals surface area contributed by atoms with Crippen LogP contribution in [0.1, 0.15) is 11.1 Å². The van der Waals surface area contributed by atoms with Crippen LogP contribution in [0.3, 0.4) is 0 Å². The Hall–Kier alpha value is -2.06. The third kappa shape index (κ3) is 4.52. The van der Waals surface area contributed by atoms with E-state index in [4.69, 9.17) is 0 Å². The minimum absolute atomic E-state index is 0. The lowest BCUT2D eigenvalue weighted by Gasteiger charge is -2.05. The van der Waals surface area contributed by atoms with Gasteiger partial charge >= 0.3 is 6.18 Å². The molecule has 0 aliphatic carbocycles. The van der Waals surface area contributed by atoms with Gasteiger partial charge in [-0.25, -0.2) is 18.1 Å². The lowest BCUT2D eigenvalue weighted by Crippen LogP contribution is -2.03. The number of benzene rings is 2. The Labute approximate surface area is 148 Å². The van der Waals surface area contributed by atoms with E-state index in [1.54, 1.807) is 5.41 Å². The van der Waals surface area contributed by atoms with Crippen molar-refractivity contribution in [1.82, 2.24) is 0 Å². The van der Waals surface area contributed by atoms with Gasteiger partial charge in [0.1, 0.15) is 11.6 Å². The molecule has 0 radical (unpaired) electrons. The van der Waals surface area contributed by atoms with Crippen molar-refractivity contribution in [3.63, 3.8) is 0 Å². The van der Waals surface area contributed by atoms with Crippen molar-refractivity contribution in [2.45, 2.75) is 6.18 Å². The average molecular weight is 393 g/mol. The summed E-state index contributed by atoms with van der Waals surface area (Å²) in [5.74, 6) is -1.43. The minimum atomic E-state index is -4.40. The van der Waals surface area contributed by atoms with E-state index in [0.717, 1.165) is 24.3 Å². The molecule has 2 nitrogen and oxygen atoms in total. The lowest BCUT2D eigenvalue weighted by atomic mass is 10.1. The van der Waals surface area contributed by atoms with Crippen molar-refractivity contribution in [1.29, 1.82) is 0 Å². The van der Waals surface area contributed by atoms with Gasteiger partial charge in [0.25, 0.3) is 0 Å². The van der Waals surface area contributed by atoms with Gasteiger partial charge in [-0.05, 0) is 47.1 Å². The molecule has 0 saturated carbocycles. The third-order valence-corrected chi connectivity index (χ3v) is 4.35. The maximum absolute atomic E-state index is 13.7. The van der Waals surface area contributed by atoms with Crippen molar-refractivity contribution in [3.05, 3.63) is 70.6 Å². The number of hydrogen-bond acceptors (Lipinski definition) is 2. The molecular weight excluding hydrogens is 383 g/mol. The molecule has 3 rings (SSSR count). The molecule has 1 unspecified atom stereocenters. The highest BCUT2D eigenvalue weighted by molar-refractivity contribution is 8.03. The van der Waals surface area contributed by atoms with E-state index in [9.17, 15) is 22.0 Å². The van der Waals surface area contributed by atoms with Gasteiger partial charge < -0.3 is 0 Å². The first-order chi connectivity index (χ1) is 11.3. The molecule has 1 heterocycles. The van der Waals surface area contributed by atoms with E-state index >= 15 is 0 Å². The molecule has 1 aliphatic rings. The molecular formula is C16H10ClF5N2S. The van der Waals surface area contributed by atoms with Crippen molar-refractivity contribution >= 4 is 40.0 Å². The molecule has 1 atom stereocenters. The molecule has 2 aromatic rings. The predicted molar refractivity (Wildman–Crippen MR) is 91.0 cm³/mol. The Morgan fingerprint density at radius 1 is 0.960 bits per heavy atom. The largest absolute Gasteiger partial charge is 0.416 e. The molecule has 132 valence electrons. The molecule has 0 amide bonds. The number of halogens is 6. The first-order valence-electron chi connectivity index (χ1n) is 6.65. The monoisotopic (exact) mass is 392 g/mol. The Bertz CT molecular complexity index is 873. The summed E-state index contributed by atoms with van der Waals surface area (Å²) in [7, 11) is -0.821. The highest BCUT2D eigenvalue weighted by Gasteiger charge is 2.29.